The number of benzene rings is 1. The molecule has 2 saturated heterocycles. The number of aromatic nitrogens is 1. The van der Waals surface area contributed by atoms with Crippen molar-refractivity contribution in [1.29, 1.82) is 0 Å². The maximum Gasteiger partial charge on any atom is 0.256 e. The standard InChI is InChI=1S/C24H29N3O3S/c1-17-7-8-20(15-18(17)2)31-22-21(6-3-9-25-22)24(29)27-10-4-5-19(16-27)23(28)26-11-13-30-14-12-26/h3,6-9,15,19H,4-5,10-14,16H2,1-2H3. The van der Waals surface area contributed by atoms with Crippen LogP contribution in [-0.2, 0) is 9.53 Å². The quantitative estimate of drug-likeness (QED) is 0.729. The third-order valence-electron chi connectivity index (χ3n) is 6.08. The predicted octanol–water partition coefficient (Wildman–Crippen LogP) is 3.56. The molecular weight excluding hydrogens is 410 g/mol. The fourth-order valence-electron chi connectivity index (χ4n) is 4.10. The number of carbonyl (C=O) groups excluding carboxylic acids is 2. The van der Waals surface area contributed by atoms with E-state index in [2.05, 4.69) is 37.0 Å². The first-order chi connectivity index (χ1) is 15.0. The first kappa shape index (κ1) is 21.8. The summed E-state index contributed by atoms with van der Waals surface area (Å²) in [6.07, 6.45) is 3.39. The van der Waals surface area contributed by atoms with Crippen LogP contribution in [0.3, 0.4) is 0 Å². The van der Waals surface area contributed by atoms with Crippen molar-refractivity contribution >= 4 is 23.6 Å². The van der Waals surface area contributed by atoms with E-state index >= 15 is 0 Å². The molecule has 0 N–H and O–H groups in total. The molecule has 2 fully saturated rings. The number of piperidine rings is 1. The van der Waals surface area contributed by atoms with E-state index in [-0.39, 0.29) is 17.7 Å². The van der Waals surface area contributed by atoms with Gasteiger partial charge < -0.3 is 14.5 Å². The molecule has 31 heavy (non-hydrogen) atoms. The summed E-state index contributed by atoms with van der Waals surface area (Å²) in [6.45, 7) is 7.79. The van der Waals surface area contributed by atoms with E-state index in [0.29, 0.717) is 50.0 Å². The van der Waals surface area contributed by atoms with Crippen LogP contribution in [0.25, 0.3) is 0 Å². The van der Waals surface area contributed by atoms with Crippen molar-refractivity contribution in [1.82, 2.24) is 14.8 Å². The van der Waals surface area contributed by atoms with Gasteiger partial charge >= 0.3 is 0 Å². The summed E-state index contributed by atoms with van der Waals surface area (Å²) in [5.74, 6) is -0.0288. The molecule has 0 aliphatic carbocycles. The van der Waals surface area contributed by atoms with Crippen LogP contribution in [0, 0.1) is 19.8 Å². The van der Waals surface area contributed by atoms with Crippen molar-refractivity contribution in [2.24, 2.45) is 5.92 Å². The van der Waals surface area contributed by atoms with Crippen LogP contribution < -0.4 is 0 Å². The monoisotopic (exact) mass is 439 g/mol. The van der Waals surface area contributed by atoms with Gasteiger partial charge in [-0.1, -0.05) is 17.8 Å². The Kier molecular flexibility index (Phi) is 6.92. The van der Waals surface area contributed by atoms with Gasteiger partial charge in [0.05, 0.1) is 24.7 Å². The summed E-state index contributed by atoms with van der Waals surface area (Å²) in [6, 6.07) is 9.92. The van der Waals surface area contributed by atoms with Gasteiger partial charge in [-0.25, -0.2) is 4.98 Å². The Morgan fingerprint density at radius 3 is 2.65 bits per heavy atom. The molecule has 4 rings (SSSR count). The Labute approximate surface area is 188 Å². The number of nitrogens with zero attached hydrogens (tertiary/aromatic N) is 3. The van der Waals surface area contributed by atoms with Gasteiger partial charge in [-0.3, -0.25) is 9.59 Å². The first-order valence-corrected chi connectivity index (χ1v) is 11.7. The largest absolute Gasteiger partial charge is 0.378 e. The van der Waals surface area contributed by atoms with E-state index in [9.17, 15) is 9.59 Å². The highest BCUT2D eigenvalue weighted by Gasteiger charge is 2.33. The van der Waals surface area contributed by atoms with E-state index in [4.69, 9.17) is 4.74 Å². The van der Waals surface area contributed by atoms with E-state index < -0.39 is 0 Å². The Hall–Kier alpha value is -2.38. The number of hydrogen-bond donors (Lipinski definition) is 0. The second-order valence-electron chi connectivity index (χ2n) is 8.23. The molecule has 7 heteroatoms. The molecule has 1 aromatic heterocycles. The lowest BCUT2D eigenvalue weighted by molar-refractivity contribution is -0.141. The number of morpholine rings is 1. The summed E-state index contributed by atoms with van der Waals surface area (Å²) in [4.78, 5) is 35.6. The van der Waals surface area contributed by atoms with Crippen molar-refractivity contribution in [3.8, 4) is 0 Å². The molecule has 3 heterocycles. The second kappa shape index (κ2) is 9.83. The number of amides is 2. The van der Waals surface area contributed by atoms with E-state index in [1.54, 1.807) is 12.3 Å². The van der Waals surface area contributed by atoms with Crippen LogP contribution in [0.2, 0.25) is 0 Å². The van der Waals surface area contributed by atoms with Gasteiger partial charge in [0.15, 0.2) is 0 Å². The normalized spacial score (nSPS) is 19.4. The number of carbonyl (C=O) groups is 2. The highest BCUT2D eigenvalue weighted by atomic mass is 32.2. The van der Waals surface area contributed by atoms with Crippen molar-refractivity contribution in [2.75, 3.05) is 39.4 Å². The third-order valence-corrected chi connectivity index (χ3v) is 7.08. The number of hydrogen-bond acceptors (Lipinski definition) is 5. The number of rotatable bonds is 4. The van der Waals surface area contributed by atoms with Crippen molar-refractivity contribution in [3.63, 3.8) is 0 Å². The van der Waals surface area contributed by atoms with Gasteiger partial charge in [-0.2, -0.15) is 0 Å². The maximum absolute atomic E-state index is 13.4. The van der Waals surface area contributed by atoms with Gasteiger partial charge in [0.1, 0.15) is 5.03 Å². The summed E-state index contributed by atoms with van der Waals surface area (Å²) < 4.78 is 5.36. The molecule has 0 bridgehead atoms. The summed E-state index contributed by atoms with van der Waals surface area (Å²) in [5, 5.41) is 0.706. The van der Waals surface area contributed by atoms with Crippen LogP contribution in [0.1, 0.15) is 34.3 Å². The van der Waals surface area contributed by atoms with Crippen LogP contribution in [0.4, 0.5) is 0 Å². The van der Waals surface area contributed by atoms with Gasteiger partial charge in [0, 0.05) is 37.3 Å². The number of likely N-dealkylation sites (tertiary alicyclic amines) is 1. The van der Waals surface area contributed by atoms with Crippen LogP contribution in [0.5, 0.6) is 0 Å². The molecule has 6 nitrogen and oxygen atoms in total. The van der Waals surface area contributed by atoms with Crippen molar-refractivity contribution < 1.29 is 14.3 Å². The van der Waals surface area contributed by atoms with Crippen LogP contribution in [0.15, 0.2) is 46.5 Å². The first-order valence-electron chi connectivity index (χ1n) is 10.9. The second-order valence-corrected chi connectivity index (χ2v) is 9.29. The molecule has 0 radical (unpaired) electrons. The molecule has 2 aliphatic rings. The Balaban J connectivity index is 1.48. The lowest BCUT2D eigenvalue weighted by atomic mass is 9.95. The Morgan fingerprint density at radius 2 is 1.87 bits per heavy atom. The number of ether oxygens (including phenoxy) is 1. The maximum atomic E-state index is 13.4. The molecular formula is C24H29N3O3S. The van der Waals surface area contributed by atoms with Crippen molar-refractivity contribution in [3.05, 3.63) is 53.2 Å². The average molecular weight is 440 g/mol. The minimum Gasteiger partial charge on any atom is -0.378 e. The summed E-state index contributed by atoms with van der Waals surface area (Å²) in [7, 11) is 0. The fourth-order valence-corrected chi connectivity index (χ4v) is 5.07. The molecule has 2 amide bonds. The minimum absolute atomic E-state index is 0.0427. The molecule has 0 saturated carbocycles. The Bertz CT molecular complexity index is 959. The Morgan fingerprint density at radius 1 is 1.06 bits per heavy atom. The molecule has 2 aliphatic heterocycles. The average Bonchev–Trinajstić information content (AvgIpc) is 2.81. The molecule has 164 valence electrons. The van der Waals surface area contributed by atoms with Gasteiger partial charge in [-0.15, -0.1) is 0 Å². The highest BCUT2D eigenvalue weighted by Crippen LogP contribution is 2.31. The zero-order chi connectivity index (χ0) is 21.8. The van der Waals surface area contributed by atoms with E-state index in [0.717, 1.165) is 17.7 Å². The molecule has 1 aromatic carbocycles. The molecule has 2 aromatic rings. The summed E-state index contributed by atoms with van der Waals surface area (Å²) in [5.41, 5.74) is 3.06. The van der Waals surface area contributed by atoms with Gasteiger partial charge in [0.25, 0.3) is 5.91 Å². The fraction of sp³-hybridized carbons (Fsp3) is 0.458. The smallest absolute Gasteiger partial charge is 0.256 e. The number of pyridine rings is 1. The predicted molar refractivity (Wildman–Crippen MR) is 120 cm³/mol. The lowest BCUT2D eigenvalue weighted by Crippen LogP contribution is -2.49. The van der Waals surface area contributed by atoms with Gasteiger partial charge in [0.2, 0.25) is 5.91 Å². The highest BCUT2D eigenvalue weighted by molar-refractivity contribution is 7.99. The zero-order valence-corrected chi connectivity index (χ0v) is 19.0. The lowest BCUT2D eigenvalue weighted by Gasteiger charge is -2.36. The topological polar surface area (TPSA) is 62.7 Å². The molecule has 1 unspecified atom stereocenters. The van der Waals surface area contributed by atoms with Crippen molar-refractivity contribution in [2.45, 2.75) is 36.6 Å². The zero-order valence-electron chi connectivity index (χ0n) is 18.2. The van der Waals surface area contributed by atoms with Crippen LogP contribution in [-0.4, -0.2) is 66.0 Å². The number of aryl methyl sites for hydroxylation is 2. The third kappa shape index (κ3) is 5.10. The van der Waals surface area contributed by atoms with E-state index in [1.165, 1.54) is 22.9 Å². The summed E-state index contributed by atoms with van der Waals surface area (Å²) >= 11 is 1.51. The molecule has 0 spiro atoms. The minimum atomic E-state index is -0.136. The SMILES string of the molecule is Cc1ccc(Sc2ncccc2C(=O)N2CCCC(C(=O)N3CCOCC3)C2)cc1C. The van der Waals surface area contributed by atoms with E-state index in [1.807, 2.05) is 15.9 Å². The van der Waals surface area contributed by atoms with Crippen LogP contribution >= 0.6 is 11.8 Å². The molecule has 1 atom stereocenters. The van der Waals surface area contributed by atoms with Gasteiger partial charge in [-0.05, 0) is 62.1 Å².